The highest BCUT2D eigenvalue weighted by Crippen LogP contribution is 1.92. The lowest BCUT2D eigenvalue weighted by atomic mass is 10.3. The largest absolute Gasteiger partial charge is 0.468 e. The number of methoxy groups -OCH3 is 1. The van der Waals surface area contributed by atoms with E-state index in [-0.39, 0.29) is 24.6 Å². The van der Waals surface area contributed by atoms with Crippen molar-refractivity contribution in [2.45, 2.75) is 6.92 Å². The van der Waals surface area contributed by atoms with Gasteiger partial charge in [-0.05, 0) is 6.92 Å². The molecule has 0 aromatic heterocycles. The highest BCUT2D eigenvalue weighted by Gasteiger charge is 2.07. The monoisotopic (exact) mass is 201 g/mol. The number of rotatable bonds is 6. The molecule has 5 heteroatoms. The molecule has 0 unspecified atom stereocenters. The van der Waals surface area contributed by atoms with E-state index in [1.807, 2.05) is 0 Å². The van der Waals surface area contributed by atoms with Crippen LogP contribution in [0.3, 0.4) is 0 Å². The van der Waals surface area contributed by atoms with Gasteiger partial charge in [0.15, 0.2) is 0 Å². The summed E-state index contributed by atoms with van der Waals surface area (Å²) in [5.74, 6) is -0.841. The van der Waals surface area contributed by atoms with Crippen molar-refractivity contribution in [3.63, 3.8) is 0 Å². The molecule has 0 saturated heterocycles. The molecule has 14 heavy (non-hydrogen) atoms. The first-order valence-corrected chi connectivity index (χ1v) is 4.24. The van der Waals surface area contributed by atoms with Crippen LogP contribution in [0.1, 0.15) is 6.92 Å². The molecule has 0 aromatic rings. The van der Waals surface area contributed by atoms with E-state index >= 15 is 0 Å². The molecule has 0 aliphatic carbocycles. The molecular formula is C9H15NO4. The molecule has 0 aliphatic heterocycles. The van der Waals surface area contributed by atoms with Crippen LogP contribution in [-0.4, -0.2) is 38.7 Å². The van der Waals surface area contributed by atoms with Gasteiger partial charge in [0.1, 0.15) is 0 Å². The fourth-order valence-corrected chi connectivity index (χ4v) is 0.693. The molecule has 0 amide bonds. The lowest BCUT2D eigenvalue weighted by Crippen LogP contribution is -2.28. The van der Waals surface area contributed by atoms with Gasteiger partial charge in [0.25, 0.3) is 0 Å². The van der Waals surface area contributed by atoms with Crippen LogP contribution in [0.15, 0.2) is 12.2 Å². The summed E-state index contributed by atoms with van der Waals surface area (Å²) in [4.78, 5) is 21.7. The number of hydrogen-bond donors (Lipinski definition) is 1. The number of hydrogen-bond acceptors (Lipinski definition) is 5. The Labute approximate surface area is 83.1 Å². The first kappa shape index (κ1) is 12.6. The van der Waals surface area contributed by atoms with Gasteiger partial charge >= 0.3 is 11.9 Å². The molecule has 0 spiro atoms. The predicted octanol–water partition coefficient (Wildman–Crippen LogP) is -0.132. The molecule has 0 rings (SSSR count). The molecular weight excluding hydrogens is 186 g/mol. The number of ether oxygens (including phenoxy) is 2. The summed E-state index contributed by atoms with van der Waals surface area (Å²) in [5, 5.41) is 2.70. The average Bonchev–Trinajstić information content (AvgIpc) is 2.17. The van der Waals surface area contributed by atoms with E-state index in [4.69, 9.17) is 4.74 Å². The van der Waals surface area contributed by atoms with Gasteiger partial charge in [-0.2, -0.15) is 0 Å². The highest BCUT2D eigenvalue weighted by molar-refractivity contribution is 5.88. The van der Waals surface area contributed by atoms with E-state index in [2.05, 4.69) is 16.6 Å². The zero-order valence-electron chi connectivity index (χ0n) is 8.46. The minimum absolute atomic E-state index is 0.0505. The molecule has 0 bridgehead atoms. The summed E-state index contributed by atoms with van der Waals surface area (Å²) in [6.45, 7) is 5.80. The van der Waals surface area contributed by atoms with Gasteiger partial charge in [-0.15, -0.1) is 0 Å². The molecule has 0 saturated carbocycles. The Morgan fingerprint density at radius 1 is 1.36 bits per heavy atom. The molecule has 0 aliphatic rings. The maximum Gasteiger partial charge on any atom is 0.334 e. The third-order valence-electron chi connectivity index (χ3n) is 1.40. The first-order valence-electron chi connectivity index (χ1n) is 4.24. The highest BCUT2D eigenvalue weighted by atomic mass is 16.5. The maximum atomic E-state index is 11.0. The number of carbonyl (C=O) groups excluding carboxylic acids is 2. The first-order chi connectivity index (χ1) is 6.61. The van der Waals surface area contributed by atoms with Crippen molar-refractivity contribution in [3.8, 4) is 0 Å². The fraction of sp³-hybridized carbons (Fsp3) is 0.556. The van der Waals surface area contributed by atoms with Gasteiger partial charge < -0.3 is 14.8 Å². The normalized spacial score (nSPS) is 9.29. The fourth-order valence-electron chi connectivity index (χ4n) is 0.693. The summed E-state index contributed by atoms with van der Waals surface area (Å²) >= 11 is 0. The minimum atomic E-state index is -0.454. The Hall–Kier alpha value is -1.36. The second-order valence-electron chi connectivity index (χ2n) is 2.50. The van der Waals surface area contributed by atoms with Crippen molar-refractivity contribution in [2.75, 3.05) is 26.8 Å². The Morgan fingerprint density at radius 3 is 2.50 bits per heavy atom. The molecule has 80 valence electrons. The van der Waals surface area contributed by atoms with Crippen molar-refractivity contribution in [2.24, 2.45) is 0 Å². The molecule has 5 nitrogen and oxygen atoms in total. The minimum Gasteiger partial charge on any atom is -0.468 e. The molecule has 0 heterocycles. The lowest BCUT2D eigenvalue weighted by Gasteiger charge is -2.05. The van der Waals surface area contributed by atoms with Crippen LogP contribution >= 0.6 is 0 Å². The topological polar surface area (TPSA) is 64.6 Å². The Balaban J connectivity index is 3.63. The standard InChI is InChI=1S/C9H15NO4/c1-4-14-9(12)7(2)5-10-6-8(11)13-3/h10H,2,4-6H2,1,3H3. The van der Waals surface area contributed by atoms with Gasteiger partial charge in [0.2, 0.25) is 0 Å². The van der Waals surface area contributed by atoms with Gasteiger partial charge in [-0.3, -0.25) is 4.79 Å². The number of nitrogens with one attached hydrogen (secondary N) is 1. The molecule has 1 N–H and O–H groups in total. The van der Waals surface area contributed by atoms with Crippen molar-refractivity contribution < 1.29 is 19.1 Å². The summed E-state index contributed by atoms with van der Waals surface area (Å²) in [6, 6.07) is 0. The van der Waals surface area contributed by atoms with Gasteiger partial charge in [0.05, 0.1) is 20.3 Å². The second kappa shape index (κ2) is 7.08. The van der Waals surface area contributed by atoms with Crippen LogP contribution in [0.4, 0.5) is 0 Å². The number of esters is 2. The molecule has 0 radical (unpaired) electrons. The maximum absolute atomic E-state index is 11.0. The van der Waals surface area contributed by atoms with E-state index in [9.17, 15) is 9.59 Å². The smallest absolute Gasteiger partial charge is 0.334 e. The van der Waals surface area contributed by atoms with Crippen LogP contribution in [0.5, 0.6) is 0 Å². The van der Waals surface area contributed by atoms with E-state index in [0.29, 0.717) is 6.61 Å². The third-order valence-corrected chi connectivity index (χ3v) is 1.40. The van der Waals surface area contributed by atoms with Crippen molar-refractivity contribution in [3.05, 3.63) is 12.2 Å². The Kier molecular flexibility index (Phi) is 6.39. The SMILES string of the molecule is C=C(CNCC(=O)OC)C(=O)OCC. The van der Waals surface area contributed by atoms with Crippen LogP contribution in [-0.2, 0) is 19.1 Å². The van der Waals surface area contributed by atoms with Crippen LogP contribution in [0, 0.1) is 0 Å². The lowest BCUT2D eigenvalue weighted by molar-refractivity contribution is -0.140. The summed E-state index contributed by atoms with van der Waals surface area (Å²) in [7, 11) is 1.30. The summed E-state index contributed by atoms with van der Waals surface area (Å²) in [6.07, 6.45) is 0. The molecule has 0 atom stereocenters. The second-order valence-corrected chi connectivity index (χ2v) is 2.50. The van der Waals surface area contributed by atoms with Crippen molar-refractivity contribution in [1.29, 1.82) is 0 Å². The van der Waals surface area contributed by atoms with E-state index in [1.165, 1.54) is 7.11 Å². The van der Waals surface area contributed by atoms with Crippen LogP contribution in [0.25, 0.3) is 0 Å². The van der Waals surface area contributed by atoms with E-state index < -0.39 is 5.97 Å². The summed E-state index contributed by atoms with van der Waals surface area (Å²) in [5.41, 5.74) is 0.288. The van der Waals surface area contributed by atoms with E-state index in [1.54, 1.807) is 6.92 Å². The summed E-state index contributed by atoms with van der Waals surface area (Å²) < 4.78 is 9.09. The molecule has 0 fully saturated rings. The average molecular weight is 201 g/mol. The van der Waals surface area contributed by atoms with Gasteiger partial charge in [0, 0.05) is 12.1 Å². The van der Waals surface area contributed by atoms with Crippen LogP contribution < -0.4 is 5.32 Å². The zero-order chi connectivity index (χ0) is 11.0. The van der Waals surface area contributed by atoms with E-state index in [0.717, 1.165) is 0 Å². The zero-order valence-corrected chi connectivity index (χ0v) is 8.46. The van der Waals surface area contributed by atoms with Gasteiger partial charge in [-0.25, -0.2) is 4.79 Å². The van der Waals surface area contributed by atoms with Crippen LogP contribution in [0.2, 0.25) is 0 Å². The Bertz CT molecular complexity index is 225. The quantitative estimate of drug-likeness (QED) is 0.479. The van der Waals surface area contributed by atoms with Gasteiger partial charge in [-0.1, -0.05) is 6.58 Å². The molecule has 0 aromatic carbocycles. The number of carbonyl (C=O) groups is 2. The van der Waals surface area contributed by atoms with Crippen molar-refractivity contribution >= 4 is 11.9 Å². The Morgan fingerprint density at radius 2 is 2.00 bits per heavy atom. The third kappa shape index (κ3) is 5.31. The van der Waals surface area contributed by atoms with Crippen molar-refractivity contribution in [1.82, 2.24) is 5.32 Å². The predicted molar refractivity (Wildman–Crippen MR) is 50.7 cm³/mol.